The minimum Gasteiger partial charge on any atom is -0.362 e. The van der Waals surface area contributed by atoms with E-state index >= 15 is 0 Å². The van der Waals surface area contributed by atoms with Crippen LogP contribution in [-0.2, 0) is 19.4 Å². The summed E-state index contributed by atoms with van der Waals surface area (Å²) in [5, 5.41) is 19.3. The Labute approximate surface area is 112 Å². The van der Waals surface area contributed by atoms with Gasteiger partial charge >= 0.3 is 11.9 Å². The van der Waals surface area contributed by atoms with Crippen molar-refractivity contribution in [1.29, 1.82) is 0 Å². The van der Waals surface area contributed by atoms with Gasteiger partial charge in [0.15, 0.2) is 5.79 Å². The van der Waals surface area contributed by atoms with E-state index in [4.69, 9.17) is 0 Å². The van der Waals surface area contributed by atoms with Crippen LogP contribution in [0.4, 0.5) is 0 Å². The molecule has 0 saturated heterocycles. The molecule has 0 bridgehead atoms. The van der Waals surface area contributed by atoms with Gasteiger partial charge in [0.2, 0.25) is 0 Å². The van der Waals surface area contributed by atoms with Crippen LogP contribution >= 0.6 is 0 Å². The summed E-state index contributed by atoms with van der Waals surface area (Å²) in [6.07, 6.45) is 4.33. The fourth-order valence-electron chi connectivity index (χ4n) is 1.29. The van der Waals surface area contributed by atoms with Crippen molar-refractivity contribution in [2.45, 2.75) is 45.3 Å². The van der Waals surface area contributed by atoms with Gasteiger partial charge in [0.1, 0.15) is 0 Å². The first-order valence-electron chi connectivity index (χ1n) is 6.02. The maximum Gasteiger partial charge on any atom is 0.381 e. The third-order valence-corrected chi connectivity index (χ3v) is 2.28. The van der Waals surface area contributed by atoms with Gasteiger partial charge < -0.3 is 10.2 Å². The predicted molar refractivity (Wildman–Crippen MR) is 67.4 cm³/mol. The molecule has 6 nitrogen and oxygen atoms in total. The number of aliphatic hydroxyl groups is 2. The van der Waals surface area contributed by atoms with Crippen LogP contribution in [-0.4, -0.2) is 27.9 Å². The first kappa shape index (κ1) is 17.3. The van der Waals surface area contributed by atoms with E-state index in [1.807, 2.05) is 6.92 Å². The van der Waals surface area contributed by atoms with Crippen molar-refractivity contribution in [2.24, 2.45) is 0 Å². The van der Waals surface area contributed by atoms with Crippen molar-refractivity contribution < 1.29 is 29.6 Å². The van der Waals surface area contributed by atoms with E-state index < -0.39 is 17.7 Å². The molecule has 0 heterocycles. The van der Waals surface area contributed by atoms with Crippen LogP contribution in [0.15, 0.2) is 24.3 Å². The largest absolute Gasteiger partial charge is 0.381 e. The lowest BCUT2D eigenvalue weighted by Gasteiger charge is -2.17. The topological polar surface area (TPSA) is 93.1 Å². The molecule has 0 unspecified atom stereocenters. The van der Waals surface area contributed by atoms with E-state index in [1.54, 1.807) is 0 Å². The quantitative estimate of drug-likeness (QED) is 0.239. The number of carbonyl (C=O) groups is 2. The van der Waals surface area contributed by atoms with Gasteiger partial charge in [0.05, 0.1) is 0 Å². The van der Waals surface area contributed by atoms with Gasteiger partial charge in [-0.15, -0.1) is 0 Å². The molecule has 0 rings (SSSR count). The molecule has 0 fully saturated rings. The van der Waals surface area contributed by atoms with Crippen LogP contribution in [0.3, 0.4) is 0 Å². The van der Waals surface area contributed by atoms with Crippen LogP contribution in [0.2, 0.25) is 0 Å². The summed E-state index contributed by atoms with van der Waals surface area (Å²) in [7, 11) is 0. The summed E-state index contributed by atoms with van der Waals surface area (Å²) in [5.74, 6) is -3.97. The van der Waals surface area contributed by atoms with E-state index in [1.165, 1.54) is 6.92 Å². The van der Waals surface area contributed by atoms with Gasteiger partial charge in [-0.2, -0.15) is 0 Å². The molecule has 0 amide bonds. The summed E-state index contributed by atoms with van der Waals surface area (Å²) in [6.45, 7) is 6.44. The molecular weight excluding hydrogens is 252 g/mol. The Morgan fingerprint density at radius 3 is 2.42 bits per heavy atom. The monoisotopic (exact) mass is 272 g/mol. The zero-order chi connectivity index (χ0) is 14.9. The summed E-state index contributed by atoms with van der Waals surface area (Å²) in [4.78, 5) is 30.3. The fraction of sp³-hybridized carbons (Fsp3) is 0.538. The third kappa shape index (κ3) is 8.12. The molecule has 0 aliphatic heterocycles. The minimum atomic E-state index is -2.08. The molecule has 0 aromatic heterocycles. The molecule has 0 saturated carbocycles. The van der Waals surface area contributed by atoms with E-state index in [-0.39, 0.29) is 12.0 Å². The van der Waals surface area contributed by atoms with E-state index in [9.17, 15) is 19.8 Å². The van der Waals surface area contributed by atoms with E-state index in [0.717, 1.165) is 25.0 Å². The summed E-state index contributed by atoms with van der Waals surface area (Å²) in [5.41, 5.74) is -0.0710. The molecule has 0 radical (unpaired) electrons. The number of unbranched alkanes of at least 4 members (excludes halogenated alkanes) is 2. The molecule has 19 heavy (non-hydrogen) atoms. The highest BCUT2D eigenvalue weighted by atomic mass is 17.2. The maximum atomic E-state index is 11.3. The second-order valence-corrected chi connectivity index (χ2v) is 4.14. The van der Waals surface area contributed by atoms with Crippen LogP contribution in [0.5, 0.6) is 0 Å². The standard InChI is InChI=1S/C13H20O6/c1-4-6-7-8-13(16,17)9-10(3)12(15)19-18-11(14)5-2/h5,9,16-17H,2,4,6-8H2,1,3H3/b10-9+. The number of hydrogen-bond acceptors (Lipinski definition) is 6. The second kappa shape index (κ2) is 8.44. The molecule has 0 spiro atoms. The molecule has 0 atom stereocenters. The van der Waals surface area contributed by atoms with Crippen LogP contribution < -0.4 is 0 Å². The van der Waals surface area contributed by atoms with Gasteiger partial charge in [0.25, 0.3) is 0 Å². The van der Waals surface area contributed by atoms with E-state index in [2.05, 4.69) is 16.4 Å². The summed E-state index contributed by atoms with van der Waals surface area (Å²) in [6, 6.07) is 0. The second-order valence-electron chi connectivity index (χ2n) is 4.14. The molecule has 0 aromatic carbocycles. The third-order valence-electron chi connectivity index (χ3n) is 2.28. The van der Waals surface area contributed by atoms with Crippen molar-refractivity contribution in [1.82, 2.24) is 0 Å². The highest BCUT2D eigenvalue weighted by Gasteiger charge is 2.22. The zero-order valence-corrected chi connectivity index (χ0v) is 11.2. The Balaban J connectivity index is 4.39. The van der Waals surface area contributed by atoms with Crippen molar-refractivity contribution in [3.63, 3.8) is 0 Å². The maximum absolute atomic E-state index is 11.3. The molecule has 108 valence electrons. The van der Waals surface area contributed by atoms with Crippen molar-refractivity contribution in [3.8, 4) is 0 Å². The average Bonchev–Trinajstić information content (AvgIpc) is 2.34. The van der Waals surface area contributed by atoms with Gasteiger partial charge in [-0.3, -0.25) is 0 Å². The fourth-order valence-corrected chi connectivity index (χ4v) is 1.29. The number of rotatable bonds is 7. The number of carbonyl (C=O) groups excluding carboxylic acids is 2. The Morgan fingerprint density at radius 1 is 1.26 bits per heavy atom. The smallest absolute Gasteiger partial charge is 0.362 e. The van der Waals surface area contributed by atoms with Crippen molar-refractivity contribution >= 4 is 11.9 Å². The lowest BCUT2D eigenvalue weighted by Crippen LogP contribution is -2.26. The Hall–Kier alpha value is -1.66. The van der Waals surface area contributed by atoms with Crippen LogP contribution in [0, 0.1) is 0 Å². The molecular formula is C13H20O6. The first-order chi connectivity index (χ1) is 8.82. The molecule has 0 aromatic rings. The van der Waals surface area contributed by atoms with Gasteiger partial charge in [0, 0.05) is 18.1 Å². The first-order valence-corrected chi connectivity index (χ1v) is 6.02. The number of hydrogen-bond donors (Lipinski definition) is 2. The highest BCUT2D eigenvalue weighted by Crippen LogP contribution is 2.16. The van der Waals surface area contributed by atoms with E-state index in [0.29, 0.717) is 6.42 Å². The Kier molecular flexibility index (Phi) is 7.71. The lowest BCUT2D eigenvalue weighted by atomic mass is 10.1. The molecule has 6 heteroatoms. The van der Waals surface area contributed by atoms with Gasteiger partial charge in [-0.25, -0.2) is 19.4 Å². The van der Waals surface area contributed by atoms with Gasteiger partial charge in [-0.1, -0.05) is 26.3 Å². The average molecular weight is 272 g/mol. The summed E-state index contributed by atoms with van der Waals surface area (Å²) >= 11 is 0. The lowest BCUT2D eigenvalue weighted by molar-refractivity contribution is -0.251. The van der Waals surface area contributed by atoms with Crippen molar-refractivity contribution in [2.75, 3.05) is 0 Å². The molecule has 0 aliphatic carbocycles. The molecule has 0 aliphatic rings. The Bertz CT molecular complexity index is 356. The normalized spacial score (nSPS) is 11.9. The zero-order valence-electron chi connectivity index (χ0n) is 11.2. The molecule has 2 N–H and O–H groups in total. The van der Waals surface area contributed by atoms with Gasteiger partial charge in [-0.05, 0) is 19.4 Å². The minimum absolute atomic E-state index is 0.0710. The van der Waals surface area contributed by atoms with Crippen LogP contribution in [0.25, 0.3) is 0 Å². The SMILES string of the molecule is C=CC(=O)OOC(=O)/C(C)=C/C(O)(O)CCCCC. The highest BCUT2D eigenvalue weighted by molar-refractivity contribution is 5.88. The predicted octanol–water partition coefficient (Wildman–Crippen LogP) is 1.38. The van der Waals surface area contributed by atoms with Crippen LogP contribution in [0.1, 0.15) is 39.5 Å². The Morgan fingerprint density at radius 2 is 1.89 bits per heavy atom. The summed E-state index contributed by atoms with van der Waals surface area (Å²) < 4.78 is 0. The van der Waals surface area contributed by atoms with Crippen molar-refractivity contribution in [3.05, 3.63) is 24.3 Å².